The summed E-state index contributed by atoms with van der Waals surface area (Å²) in [5.74, 6) is 0.119. The highest BCUT2D eigenvalue weighted by Gasteiger charge is 2.28. The summed E-state index contributed by atoms with van der Waals surface area (Å²) < 4.78 is 32.0. The lowest BCUT2D eigenvalue weighted by atomic mass is 10.2. The van der Waals surface area contributed by atoms with Gasteiger partial charge in [0.2, 0.25) is 10.0 Å². The Labute approximate surface area is 140 Å². The molecule has 1 fully saturated rings. The fourth-order valence-corrected chi connectivity index (χ4v) is 4.54. The quantitative estimate of drug-likeness (QED) is 0.743. The van der Waals surface area contributed by atoms with Gasteiger partial charge in [-0.05, 0) is 30.5 Å². The second-order valence-corrected chi connectivity index (χ2v) is 8.02. The molecule has 0 aromatic heterocycles. The van der Waals surface area contributed by atoms with Crippen LogP contribution in [0.3, 0.4) is 0 Å². The Kier molecular flexibility index (Phi) is 5.79. The molecule has 2 rings (SSSR count). The minimum atomic E-state index is -3.70. The molecule has 1 aliphatic rings. The number of rotatable bonds is 5. The van der Waals surface area contributed by atoms with Crippen LogP contribution in [-0.2, 0) is 20.6 Å². The van der Waals surface area contributed by atoms with E-state index in [4.69, 9.17) is 39.5 Å². The van der Waals surface area contributed by atoms with Crippen molar-refractivity contribution < 1.29 is 13.2 Å². The van der Waals surface area contributed by atoms with E-state index in [9.17, 15) is 8.42 Å². The Balaban J connectivity index is 2.29. The number of nitrogens with zero attached hydrogens (tertiary/aromatic N) is 1. The third-order valence-corrected chi connectivity index (χ3v) is 6.35. The van der Waals surface area contributed by atoms with E-state index in [0.29, 0.717) is 23.7 Å². The van der Waals surface area contributed by atoms with Crippen LogP contribution in [0.4, 0.5) is 0 Å². The number of alkyl halides is 1. The molecule has 1 aliphatic heterocycles. The van der Waals surface area contributed by atoms with Gasteiger partial charge in [-0.2, -0.15) is 4.31 Å². The summed E-state index contributed by atoms with van der Waals surface area (Å²) in [7, 11) is -2.19. The largest absolute Gasteiger partial charge is 0.377 e. The smallest absolute Gasteiger partial charge is 0.244 e. The Morgan fingerprint density at radius 3 is 2.62 bits per heavy atom. The molecule has 0 radical (unpaired) electrons. The number of halogens is 3. The van der Waals surface area contributed by atoms with Gasteiger partial charge in [0.05, 0.1) is 11.1 Å². The molecule has 0 amide bonds. The van der Waals surface area contributed by atoms with Crippen molar-refractivity contribution in [3.8, 4) is 0 Å². The molecule has 1 unspecified atom stereocenters. The van der Waals surface area contributed by atoms with Crippen LogP contribution in [0.2, 0.25) is 10.0 Å². The van der Waals surface area contributed by atoms with Crippen LogP contribution in [-0.4, -0.2) is 39.0 Å². The molecular formula is C13H16Cl3NO3S. The summed E-state index contributed by atoms with van der Waals surface area (Å²) >= 11 is 17.8. The number of hydrogen-bond donors (Lipinski definition) is 0. The van der Waals surface area contributed by atoms with Gasteiger partial charge in [-0.1, -0.05) is 23.2 Å². The molecular weight excluding hydrogens is 357 g/mol. The van der Waals surface area contributed by atoms with E-state index in [1.807, 2.05) is 0 Å². The molecule has 1 aromatic rings. The van der Waals surface area contributed by atoms with Crippen molar-refractivity contribution in [3.63, 3.8) is 0 Å². The van der Waals surface area contributed by atoms with Gasteiger partial charge in [-0.25, -0.2) is 8.42 Å². The maximum absolute atomic E-state index is 12.6. The zero-order valence-corrected chi connectivity index (χ0v) is 14.6. The van der Waals surface area contributed by atoms with Crippen LogP contribution in [0.5, 0.6) is 0 Å². The Morgan fingerprint density at radius 1 is 1.33 bits per heavy atom. The van der Waals surface area contributed by atoms with Crippen LogP contribution in [0.1, 0.15) is 18.4 Å². The summed E-state index contributed by atoms with van der Waals surface area (Å²) in [6.07, 6.45) is 1.75. The number of hydrogen-bond acceptors (Lipinski definition) is 3. The zero-order chi connectivity index (χ0) is 15.6. The third kappa shape index (κ3) is 3.84. The first-order valence-corrected chi connectivity index (χ1v) is 9.21. The standard InChI is InChI=1S/C13H16Cl3NO3S/c1-17(8-10-3-2-4-20-10)21(18,19)13-5-9(7-14)11(15)6-12(13)16/h5-6,10H,2-4,7-8H2,1H3. The van der Waals surface area contributed by atoms with Gasteiger partial charge in [-0.3, -0.25) is 0 Å². The molecule has 1 heterocycles. The number of ether oxygens (including phenoxy) is 1. The van der Waals surface area contributed by atoms with E-state index in [1.54, 1.807) is 0 Å². The first-order valence-electron chi connectivity index (χ1n) is 6.48. The van der Waals surface area contributed by atoms with Crippen LogP contribution >= 0.6 is 34.8 Å². The first-order chi connectivity index (χ1) is 9.86. The maximum Gasteiger partial charge on any atom is 0.244 e. The van der Waals surface area contributed by atoms with Crippen molar-refractivity contribution in [1.29, 1.82) is 0 Å². The molecule has 0 bridgehead atoms. The highest BCUT2D eigenvalue weighted by Crippen LogP contribution is 2.31. The van der Waals surface area contributed by atoms with Crippen molar-refractivity contribution in [2.24, 2.45) is 0 Å². The lowest BCUT2D eigenvalue weighted by molar-refractivity contribution is 0.0979. The summed E-state index contributed by atoms with van der Waals surface area (Å²) in [5, 5.41) is 0.448. The van der Waals surface area contributed by atoms with Gasteiger partial charge in [0.1, 0.15) is 4.90 Å². The Bertz CT molecular complexity index is 615. The predicted octanol–water partition coefficient (Wildman–Crippen LogP) is 3.53. The molecule has 0 spiro atoms. The van der Waals surface area contributed by atoms with Crippen LogP contribution in [0.25, 0.3) is 0 Å². The summed E-state index contributed by atoms with van der Waals surface area (Å²) in [4.78, 5) is 0.0183. The van der Waals surface area contributed by atoms with Crippen LogP contribution in [0.15, 0.2) is 17.0 Å². The van der Waals surface area contributed by atoms with Crippen LogP contribution in [0, 0.1) is 0 Å². The molecule has 0 aliphatic carbocycles. The van der Waals surface area contributed by atoms with E-state index in [1.165, 1.54) is 23.5 Å². The monoisotopic (exact) mass is 371 g/mol. The fourth-order valence-electron chi connectivity index (χ4n) is 2.21. The van der Waals surface area contributed by atoms with Crippen LogP contribution < -0.4 is 0 Å². The average molecular weight is 373 g/mol. The van der Waals surface area contributed by atoms with Gasteiger partial charge >= 0.3 is 0 Å². The van der Waals surface area contributed by atoms with E-state index < -0.39 is 10.0 Å². The van der Waals surface area contributed by atoms with E-state index >= 15 is 0 Å². The van der Waals surface area contributed by atoms with Crippen molar-refractivity contribution in [3.05, 3.63) is 27.7 Å². The van der Waals surface area contributed by atoms with Gasteiger partial charge in [0, 0.05) is 31.1 Å². The molecule has 0 saturated carbocycles. The third-order valence-electron chi connectivity index (χ3n) is 3.42. The molecule has 4 nitrogen and oxygen atoms in total. The maximum atomic E-state index is 12.6. The minimum absolute atomic E-state index is 0.0183. The van der Waals surface area contributed by atoms with Gasteiger partial charge in [0.25, 0.3) is 0 Å². The zero-order valence-electron chi connectivity index (χ0n) is 11.5. The molecule has 8 heteroatoms. The summed E-state index contributed by atoms with van der Waals surface area (Å²) in [6, 6.07) is 2.84. The van der Waals surface area contributed by atoms with Crippen molar-refractivity contribution in [2.75, 3.05) is 20.2 Å². The lowest BCUT2D eigenvalue weighted by Gasteiger charge is -2.21. The Hall–Kier alpha value is -0.0400. The summed E-state index contributed by atoms with van der Waals surface area (Å²) in [6.45, 7) is 0.980. The Morgan fingerprint density at radius 2 is 2.05 bits per heavy atom. The first kappa shape index (κ1) is 17.3. The normalized spacial score (nSPS) is 19.4. The number of likely N-dealkylation sites (N-methyl/N-ethyl adjacent to an activating group) is 1. The SMILES string of the molecule is CN(CC1CCCO1)S(=O)(=O)c1cc(CCl)c(Cl)cc1Cl. The highest BCUT2D eigenvalue weighted by molar-refractivity contribution is 7.89. The number of benzene rings is 1. The van der Waals surface area contributed by atoms with Gasteiger partial charge < -0.3 is 4.74 Å². The minimum Gasteiger partial charge on any atom is -0.377 e. The lowest BCUT2D eigenvalue weighted by Crippen LogP contribution is -2.34. The molecule has 1 saturated heterocycles. The molecule has 1 aromatic carbocycles. The van der Waals surface area contributed by atoms with E-state index in [2.05, 4.69) is 0 Å². The molecule has 118 valence electrons. The van der Waals surface area contributed by atoms with Gasteiger partial charge in [-0.15, -0.1) is 11.6 Å². The van der Waals surface area contributed by atoms with Gasteiger partial charge in [0.15, 0.2) is 0 Å². The van der Waals surface area contributed by atoms with Crippen molar-refractivity contribution >= 4 is 44.8 Å². The molecule has 0 N–H and O–H groups in total. The van der Waals surface area contributed by atoms with Crippen molar-refractivity contribution in [1.82, 2.24) is 4.31 Å². The van der Waals surface area contributed by atoms with E-state index in [-0.39, 0.29) is 21.9 Å². The number of sulfonamides is 1. The van der Waals surface area contributed by atoms with E-state index in [0.717, 1.165) is 12.8 Å². The second kappa shape index (κ2) is 7.02. The highest BCUT2D eigenvalue weighted by atomic mass is 35.5. The molecule has 21 heavy (non-hydrogen) atoms. The van der Waals surface area contributed by atoms with Crippen molar-refractivity contribution in [2.45, 2.75) is 29.7 Å². The molecule has 1 atom stereocenters. The topological polar surface area (TPSA) is 46.6 Å². The fraction of sp³-hybridized carbons (Fsp3) is 0.538. The predicted molar refractivity (Wildman–Crippen MR) is 84.8 cm³/mol. The second-order valence-electron chi connectivity index (χ2n) is 4.93. The summed E-state index contributed by atoms with van der Waals surface area (Å²) in [5.41, 5.74) is 0.534. The average Bonchev–Trinajstić information content (AvgIpc) is 2.91.